The van der Waals surface area contributed by atoms with E-state index in [1.54, 1.807) is 10.9 Å². The van der Waals surface area contributed by atoms with E-state index in [2.05, 4.69) is 20.7 Å². The number of pyridine rings is 1. The standard InChI is InChI=1S/C21H22N6O/c28-21-20-15(4-3-5-18(20)24-16-7-9-22-13-16)12-23-27(21)11-8-17-14-26-10-2-1-6-19(26)25-17/h1-6,10,12,14,16,22,24H,7-9,11,13H2/t16-/m1/s1. The molecule has 0 radical (unpaired) electrons. The van der Waals surface area contributed by atoms with Gasteiger partial charge in [0, 0.05) is 42.5 Å². The number of imidazole rings is 1. The van der Waals surface area contributed by atoms with E-state index in [-0.39, 0.29) is 5.56 Å². The summed E-state index contributed by atoms with van der Waals surface area (Å²) in [6.07, 6.45) is 7.47. The Bertz CT molecular complexity index is 1160. The fraction of sp³-hybridized carbons (Fsp3) is 0.286. The van der Waals surface area contributed by atoms with Gasteiger partial charge in [0.25, 0.3) is 5.56 Å². The van der Waals surface area contributed by atoms with Gasteiger partial charge < -0.3 is 15.0 Å². The number of hydrogen-bond acceptors (Lipinski definition) is 5. The summed E-state index contributed by atoms with van der Waals surface area (Å²) in [7, 11) is 0. The number of fused-ring (bicyclic) bond motifs is 2. The zero-order valence-corrected chi connectivity index (χ0v) is 15.5. The number of nitrogens with zero attached hydrogens (tertiary/aromatic N) is 4. The highest BCUT2D eigenvalue weighted by atomic mass is 16.1. The first-order chi connectivity index (χ1) is 13.8. The Morgan fingerprint density at radius 2 is 2.18 bits per heavy atom. The minimum absolute atomic E-state index is 0.0599. The van der Waals surface area contributed by atoms with E-state index < -0.39 is 0 Å². The third-order valence-electron chi connectivity index (χ3n) is 5.29. The minimum atomic E-state index is -0.0599. The molecule has 2 N–H and O–H groups in total. The van der Waals surface area contributed by atoms with Crippen molar-refractivity contribution < 1.29 is 0 Å². The van der Waals surface area contributed by atoms with Crippen LogP contribution >= 0.6 is 0 Å². The van der Waals surface area contributed by atoms with Crippen LogP contribution in [0.5, 0.6) is 0 Å². The van der Waals surface area contributed by atoms with E-state index in [0.29, 0.717) is 24.4 Å². The molecule has 1 atom stereocenters. The van der Waals surface area contributed by atoms with Crippen molar-refractivity contribution in [1.82, 2.24) is 24.5 Å². The van der Waals surface area contributed by atoms with E-state index in [4.69, 9.17) is 0 Å². The van der Waals surface area contributed by atoms with Crippen LogP contribution in [0.3, 0.4) is 0 Å². The Balaban J connectivity index is 1.44. The van der Waals surface area contributed by atoms with Crippen LogP contribution in [0.15, 0.2) is 59.8 Å². The van der Waals surface area contributed by atoms with E-state index in [0.717, 1.165) is 41.9 Å². The first kappa shape index (κ1) is 16.9. The SMILES string of the molecule is O=c1c2c(N[C@@H]3CCNC3)cccc2cnn1CCc1cn2ccccc2n1. The van der Waals surface area contributed by atoms with Crippen LogP contribution < -0.4 is 16.2 Å². The Morgan fingerprint density at radius 3 is 3.04 bits per heavy atom. The summed E-state index contributed by atoms with van der Waals surface area (Å²) in [4.78, 5) is 17.7. The summed E-state index contributed by atoms with van der Waals surface area (Å²) in [5.74, 6) is 0. The Kier molecular flexibility index (Phi) is 4.29. The van der Waals surface area contributed by atoms with Crippen LogP contribution in [0.1, 0.15) is 12.1 Å². The first-order valence-corrected chi connectivity index (χ1v) is 9.67. The monoisotopic (exact) mass is 374 g/mol. The van der Waals surface area contributed by atoms with Gasteiger partial charge in [0.2, 0.25) is 0 Å². The number of hydrogen-bond donors (Lipinski definition) is 2. The molecule has 7 nitrogen and oxygen atoms in total. The molecule has 1 aliphatic heterocycles. The first-order valence-electron chi connectivity index (χ1n) is 9.67. The van der Waals surface area contributed by atoms with Crippen molar-refractivity contribution in [2.45, 2.75) is 25.4 Å². The molecule has 4 aromatic rings. The fourth-order valence-corrected chi connectivity index (χ4v) is 3.84. The predicted molar refractivity (Wildman–Crippen MR) is 110 cm³/mol. The summed E-state index contributed by atoms with van der Waals surface area (Å²) < 4.78 is 3.54. The molecule has 4 heterocycles. The van der Waals surface area contributed by atoms with Crippen molar-refractivity contribution in [2.24, 2.45) is 0 Å². The van der Waals surface area contributed by atoms with Crippen LogP contribution in [0.25, 0.3) is 16.4 Å². The molecule has 28 heavy (non-hydrogen) atoms. The molecule has 1 fully saturated rings. The molecule has 5 rings (SSSR count). The van der Waals surface area contributed by atoms with Gasteiger partial charge in [-0.05, 0) is 31.2 Å². The fourth-order valence-electron chi connectivity index (χ4n) is 3.84. The maximum Gasteiger partial charge on any atom is 0.276 e. The lowest BCUT2D eigenvalue weighted by molar-refractivity contribution is 0.580. The van der Waals surface area contributed by atoms with Gasteiger partial charge in [0.15, 0.2) is 0 Å². The molecular weight excluding hydrogens is 352 g/mol. The third-order valence-corrected chi connectivity index (χ3v) is 5.29. The summed E-state index contributed by atoms with van der Waals surface area (Å²) in [6, 6.07) is 12.2. The average molecular weight is 374 g/mol. The molecule has 1 saturated heterocycles. The molecule has 7 heteroatoms. The van der Waals surface area contributed by atoms with Gasteiger partial charge >= 0.3 is 0 Å². The highest BCUT2D eigenvalue weighted by molar-refractivity contribution is 5.92. The number of aromatic nitrogens is 4. The molecule has 0 saturated carbocycles. The number of rotatable bonds is 5. The van der Waals surface area contributed by atoms with Crippen LogP contribution in [-0.4, -0.2) is 38.3 Å². The Morgan fingerprint density at radius 1 is 1.21 bits per heavy atom. The number of nitrogens with one attached hydrogen (secondary N) is 2. The maximum absolute atomic E-state index is 13.1. The second-order valence-electron chi connectivity index (χ2n) is 7.23. The van der Waals surface area contributed by atoms with E-state index in [9.17, 15) is 4.79 Å². The zero-order valence-electron chi connectivity index (χ0n) is 15.5. The van der Waals surface area contributed by atoms with Crippen LogP contribution in [0.4, 0.5) is 5.69 Å². The third kappa shape index (κ3) is 3.14. The van der Waals surface area contributed by atoms with E-state index in [1.807, 2.05) is 53.2 Å². The lowest BCUT2D eigenvalue weighted by Gasteiger charge is -2.15. The molecule has 1 aromatic carbocycles. The van der Waals surface area contributed by atoms with Crippen molar-refractivity contribution in [3.8, 4) is 0 Å². The Hall–Kier alpha value is -3.19. The van der Waals surface area contributed by atoms with Gasteiger partial charge in [0.1, 0.15) is 5.65 Å². The highest BCUT2D eigenvalue weighted by Gasteiger charge is 2.16. The molecule has 3 aromatic heterocycles. The molecule has 0 amide bonds. The molecule has 0 bridgehead atoms. The quantitative estimate of drug-likeness (QED) is 0.559. The second-order valence-corrected chi connectivity index (χ2v) is 7.23. The highest BCUT2D eigenvalue weighted by Crippen LogP contribution is 2.21. The van der Waals surface area contributed by atoms with Crippen molar-refractivity contribution in [2.75, 3.05) is 18.4 Å². The van der Waals surface area contributed by atoms with Crippen molar-refractivity contribution >= 4 is 22.1 Å². The topological polar surface area (TPSA) is 76.2 Å². The summed E-state index contributed by atoms with van der Waals surface area (Å²) in [6.45, 7) is 2.43. The van der Waals surface area contributed by atoms with Gasteiger partial charge in [-0.15, -0.1) is 0 Å². The van der Waals surface area contributed by atoms with E-state index >= 15 is 0 Å². The zero-order chi connectivity index (χ0) is 18.9. The van der Waals surface area contributed by atoms with Crippen LogP contribution in [0, 0.1) is 0 Å². The van der Waals surface area contributed by atoms with Crippen LogP contribution in [-0.2, 0) is 13.0 Å². The maximum atomic E-state index is 13.1. The largest absolute Gasteiger partial charge is 0.380 e. The predicted octanol–water partition coefficient (Wildman–Crippen LogP) is 2.06. The van der Waals surface area contributed by atoms with E-state index in [1.165, 1.54) is 0 Å². The lowest BCUT2D eigenvalue weighted by atomic mass is 10.1. The van der Waals surface area contributed by atoms with Gasteiger partial charge in [-0.3, -0.25) is 4.79 Å². The molecule has 1 aliphatic rings. The normalized spacial score (nSPS) is 16.8. The summed E-state index contributed by atoms with van der Waals surface area (Å²) in [5.41, 5.74) is 2.69. The average Bonchev–Trinajstić information content (AvgIpc) is 3.36. The molecule has 142 valence electrons. The van der Waals surface area contributed by atoms with Gasteiger partial charge in [-0.25, -0.2) is 9.67 Å². The second kappa shape index (κ2) is 7.09. The van der Waals surface area contributed by atoms with Crippen LogP contribution in [0.2, 0.25) is 0 Å². The number of anilines is 1. The van der Waals surface area contributed by atoms with Gasteiger partial charge in [-0.2, -0.15) is 5.10 Å². The van der Waals surface area contributed by atoms with Gasteiger partial charge in [0.05, 0.1) is 23.8 Å². The minimum Gasteiger partial charge on any atom is -0.380 e. The summed E-state index contributed by atoms with van der Waals surface area (Å²) >= 11 is 0. The molecule has 0 spiro atoms. The van der Waals surface area contributed by atoms with Crippen molar-refractivity contribution in [3.05, 3.63) is 71.0 Å². The van der Waals surface area contributed by atoms with Crippen molar-refractivity contribution in [1.29, 1.82) is 0 Å². The van der Waals surface area contributed by atoms with Gasteiger partial charge in [-0.1, -0.05) is 18.2 Å². The lowest BCUT2D eigenvalue weighted by Crippen LogP contribution is -2.27. The summed E-state index contributed by atoms with van der Waals surface area (Å²) in [5, 5.41) is 12.8. The number of aryl methyl sites for hydroxylation is 2. The molecule has 0 aliphatic carbocycles. The molecular formula is C21H22N6O. The number of benzene rings is 1. The molecule has 0 unspecified atom stereocenters. The van der Waals surface area contributed by atoms with Crippen molar-refractivity contribution in [3.63, 3.8) is 0 Å². The Labute approximate surface area is 162 Å². The smallest absolute Gasteiger partial charge is 0.276 e.